The monoisotopic (exact) mass is 465 g/mol. The topological polar surface area (TPSA) is 108 Å². The Morgan fingerprint density at radius 1 is 1.35 bits per heavy atom. The second-order valence-electron chi connectivity index (χ2n) is 6.61. The summed E-state index contributed by atoms with van der Waals surface area (Å²) in [4.78, 5) is 20.9. The van der Waals surface area contributed by atoms with E-state index in [0.717, 1.165) is 17.8 Å². The number of nitrogens with one attached hydrogen (secondary N) is 1. The van der Waals surface area contributed by atoms with Crippen molar-refractivity contribution in [1.82, 2.24) is 20.2 Å². The van der Waals surface area contributed by atoms with E-state index in [4.69, 9.17) is 25.8 Å². The van der Waals surface area contributed by atoms with Gasteiger partial charge in [0.1, 0.15) is 11.9 Å². The fourth-order valence-corrected chi connectivity index (χ4v) is 3.82. The van der Waals surface area contributed by atoms with Crippen LogP contribution in [0, 0.1) is 12.7 Å². The molecule has 1 saturated heterocycles. The minimum atomic E-state index is -0.800. The minimum absolute atomic E-state index is 0.0145. The predicted molar refractivity (Wildman–Crippen MR) is 111 cm³/mol. The van der Waals surface area contributed by atoms with E-state index in [1.54, 1.807) is 13.0 Å². The maximum absolute atomic E-state index is 14.9. The second kappa shape index (κ2) is 9.08. The highest BCUT2D eigenvalue weighted by Gasteiger charge is 2.24. The summed E-state index contributed by atoms with van der Waals surface area (Å²) >= 11 is 6.95. The zero-order chi connectivity index (χ0) is 22.0. The van der Waals surface area contributed by atoms with Crippen LogP contribution in [0.3, 0.4) is 0 Å². The van der Waals surface area contributed by atoms with Crippen LogP contribution < -0.4 is 14.8 Å². The van der Waals surface area contributed by atoms with Crippen molar-refractivity contribution in [2.24, 2.45) is 0 Å². The van der Waals surface area contributed by atoms with E-state index >= 15 is 0 Å². The van der Waals surface area contributed by atoms with E-state index in [-0.39, 0.29) is 38.8 Å². The van der Waals surface area contributed by atoms with Gasteiger partial charge in [0.25, 0.3) is 11.1 Å². The number of halogens is 2. The standard InChI is InChI=1S/C19H17ClFN5O4S/c1-9-5-11(14-13(28-2)7-23-16(20)15(14)21)12(6-22-9)17(27)24-18-25-26-19(31-18)30-10-3-4-29-8-10/h5-7,10H,3-4,8H2,1-2H3,(H,24,25,27)/t10-/m0/s1. The molecule has 1 fully saturated rings. The maximum atomic E-state index is 14.9. The average Bonchev–Trinajstić information content (AvgIpc) is 3.42. The van der Waals surface area contributed by atoms with Crippen LogP contribution in [0.15, 0.2) is 18.5 Å². The molecule has 0 radical (unpaired) electrons. The molecule has 4 rings (SSSR count). The summed E-state index contributed by atoms with van der Waals surface area (Å²) in [6.07, 6.45) is 3.32. The van der Waals surface area contributed by atoms with Crippen LogP contribution >= 0.6 is 22.9 Å². The number of methoxy groups -OCH3 is 1. The highest BCUT2D eigenvalue weighted by Crippen LogP contribution is 2.37. The molecule has 1 aliphatic rings. The van der Waals surface area contributed by atoms with Crippen LogP contribution in [0.1, 0.15) is 22.5 Å². The van der Waals surface area contributed by atoms with E-state index in [2.05, 4.69) is 25.5 Å². The van der Waals surface area contributed by atoms with Gasteiger partial charge in [-0.2, -0.15) is 0 Å². The van der Waals surface area contributed by atoms with Crippen molar-refractivity contribution in [1.29, 1.82) is 0 Å². The SMILES string of the molecule is COc1cnc(Cl)c(F)c1-c1cc(C)ncc1C(=O)Nc1nnc(O[C@H]2CCOC2)s1. The van der Waals surface area contributed by atoms with Gasteiger partial charge in [-0.15, -0.1) is 5.10 Å². The van der Waals surface area contributed by atoms with Crippen molar-refractivity contribution in [2.45, 2.75) is 19.4 Å². The largest absolute Gasteiger partial charge is 0.494 e. The Kier molecular flexibility index (Phi) is 6.25. The number of rotatable bonds is 6. The molecule has 31 heavy (non-hydrogen) atoms. The van der Waals surface area contributed by atoms with Crippen molar-refractivity contribution >= 4 is 34.0 Å². The Morgan fingerprint density at radius 2 is 2.19 bits per heavy atom. The normalized spacial score (nSPS) is 15.7. The van der Waals surface area contributed by atoms with E-state index in [1.807, 2.05) is 0 Å². The number of pyridine rings is 2. The lowest BCUT2D eigenvalue weighted by Crippen LogP contribution is -2.15. The van der Waals surface area contributed by atoms with Gasteiger partial charge >= 0.3 is 0 Å². The van der Waals surface area contributed by atoms with Crippen LogP contribution in [-0.4, -0.2) is 52.5 Å². The molecule has 1 N–H and O–H groups in total. The quantitative estimate of drug-likeness (QED) is 0.551. The molecule has 1 atom stereocenters. The number of ether oxygens (including phenoxy) is 3. The molecule has 9 nitrogen and oxygen atoms in total. The molecule has 162 valence electrons. The average molecular weight is 466 g/mol. The van der Waals surface area contributed by atoms with Crippen LogP contribution in [0.2, 0.25) is 5.15 Å². The second-order valence-corrected chi connectivity index (χ2v) is 7.91. The fraction of sp³-hybridized carbons (Fsp3) is 0.316. The third-order valence-electron chi connectivity index (χ3n) is 4.50. The van der Waals surface area contributed by atoms with Gasteiger partial charge in [-0.3, -0.25) is 15.1 Å². The molecule has 3 aromatic rings. The number of nitrogens with zero attached hydrogens (tertiary/aromatic N) is 4. The van der Waals surface area contributed by atoms with Crippen molar-refractivity contribution in [3.8, 4) is 22.1 Å². The van der Waals surface area contributed by atoms with Gasteiger partial charge in [-0.1, -0.05) is 16.7 Å². The molecular formula is C19H17ClFN5O4S. The van der Waals surface area contributed by atoms with Gasteiger partial charge in [-0.25, -0.2) is 9.37 Å². The zero-order valence-electron chi connectivity index (χ0n) is 16.5. The summed E-state index contributed by atoms with van der Waals surface area (Å²) < 4.78 is 31.0. The highest BCUT2D eigenvalue weighted by atomic mass is 35.5. The lowest BCUT2D eigenvalue weighted by Gasteiger charge is -2.14. The van der Waals surface area contributed by atoms with Gasteiger partial charge in [0.2, 0.25) is 5.13 Å². The number of anilines is 1. The van der Waals surface area contributed by atoms with Gasteiger partial charge in [0, 0.05) is 23.9 Å². The smallest absolute Gasteiger partial charge is 0.296 e. The number of hydrogen-bond donors (Lipinski definition) is 1. The molecule has 0 spiro atoms. The third-order valence-corrected chi connectivity index (χ3v) is 5.49. The first-order chi connectivity index (χ1) is 15.0. The molecule has 0 unspecified atom stereocenters. The first-order valence-electron chi connectivity index (χ1n) is 9.20. The summed E-state index contributed by atoms with van der Waals surface area (Å²) in [5.74, 6) is -1.22. The summed E-state index contributed by atoms with van der Waals surface area (Å²) in [7, 11) is 1.37. The highest BCUT2D eigenvalue weighted by molar-refractivity contribution is 7.17. The molecular weight excluding hydrogens is 449 g/mol. The van der Waals surface area contributed by atoms with E-state index in [9.17, 15) is 9.18 Å². The first kappa shape index (κ1) is 21.3. The molecule has 3 aromatic heterocycles. The number of carbonyl (C=O) groups excluding carboxylic acids is 1. The molecule has 0 aromatic carbocycles. The molecule has 1 aliphatic heterocycles. The van der Waals surface area contributed by atoms with Gasteiger partial charge in [0.05, 0.1) is 37.6 Å². The molecule has 12 heteroatoms. The number of hydrogen-bond acceptors (Lipinski definition) is 9. The summed E-state index contributed by atoms with van der Waals surface area (Å²) in [6.45, 7) is 2.84. The van der Waals surface area contributed by atoms with Gasteiger partial charge < -0.3 is 14.2 Å². The predicted octanol–water partition coefficient (Wildman–Crippen LogP) is 3.52. The number of aryl methyl sites for hydroxylation is 1. The molecule has 1 amide bonds. The van der Waals surface area contributed by atoms with Crippen LogP contribution in [-0.2, 0) is 4.74 Å². The molecule has 0 bridgehead atoms. The van der Waals surface area contributed by atoms with Gasteiger partial charge in [-0.05, 0) is 24.3 Å². The molecule has 4 heterocycles. The first-order valence-corrected chi connectivity index (χ1v) is 10.4. The lowest BCUT2D eigenvalue weighted by atomic mass is 10.00. The molecule has 0 saturated carbocycles. The maximum Gasteiger partial charge on any atom is 0.296 e. The summed E-state index contributed by atoms with van der Waals surface area (Å²) in [6, 6.07) is 1.57. The Bertz CT molecular complexity index is 1120. The number of carbonyl (C=O) groups is 1. The van der Waals surface area contributed by atoms with Crippen molar-refractivity contribution in [3.63, 3.8) is 0 Å². The fourth-order valence-electron chi connectivity index (χ4n) is 3.02. The number of aromatic nitrogens is 4. The summed E-state index contributed by atoms with van der Waals surface area (Å²) in [5.41, 5.74) is 0.951. The third kappa shape index (κ3) is 4.58. The van der Waals surface area contributed by atoms with Crippen molar-refractivity contribution < 1.29 is 23.4 Å². The minimum Gasteiger partial charge on any atom is -0.494 e. The molecule has 0 aliphatic carbocycles. The van der Waals surface area contributed by atoms with E-state index in [1.165, 1.54) is 19.5 Å². The van der Waals surface area contributed by atoms with Crippen molar-refractivity contribution in [3.05, 3.63) is 40.7 Å². The summed E-state index contributed by atoms with van der Waals surface area (Å²) in [5, 5.41) is 10.7. The van der Waals surface area contributed by atoms with Crippen LogP contribution in [0.25, 0.3) is 11.1 Å². The van der Waals surface area contributed by atoms with Gasteiger partial charge in [0.15, 0.2) is 11.0 Å². The Hall–Kier alpha value is -2.89. The zero-order valence-corrected chi connectivity index (χ0v) is 18.1. The Labute approximate surface area is 185 Å². The van der Waals surface area contributed by atoms with Crippen LogP contribution in [0.4, 0.5) is 9.52 Å². The van der Waals surface area contributed by atoms with E-state index in [0.29, 0.717) is 24.1 Å². The van der Waals surface area contributed by atoms with Crippen LogP contribution in [0.5, 0.6) is 10.9 Å². The van der Waals surface area contributed by atoms with Crippen molar-refractivity contribution in [2.75, 3.05) is 25.6 Å². The Morgan fingerprint density at radius 3 is 2.94 bits per heavy atom. The lowest BCUT2D eigenvalue weighted by molar-refractivity contribution is 0.102. The van der Waals surface area contributed by atoms with E-state index < -0.39 is 11.7 Å². The number of amides is 1. The Balaban J connectivity index is 1.63.